The average molecular weight is 267 g/mol. The average Bonchev–Trinajstić information content (AvgIpc) is 2.22. The lowest BCUT2D eigenvalue weighted by Gasteiger charge is -2.04. The fraction of sp³-hybridized carbons (Fsp3) is 0.182. The van der Waals surface area contributed by atoms with E-state index in [1.165, 1.54) is 0 Å². The summed E-state index contributed by atoms with van der Waals surface area (Å²) < 4.78 is 0.715. The number of hydrogen-bond donors (Lipinski definition) is 2. The van der Waals surface area contributed by atoms with Crippen molar-refractivity contribution >= 4 is 27.5 Å². The SMILES string of the molecule is C#CCCNC(=O)c1ccc(N)c(Br)c1. The molecule has 0 radical (unpaired) electrons. The smallest absolute Gasteiger partial charge is 0.251 e. The van der Waals surface area contributed by atoms with E-state index >= 15 is 0 Å². The molecular formula is C11H11BrN2O. The second kappa shape index (κ2) is 5.42. The Balaban J connectivity index is 2.67. The topological polar surface area (TPSA) is 55.1 Å². The third kappa shape index (κ3) is 3.30. The van der Waals surface area contributed by atoms with Crippen molar-refractivity contribution in [3.63, 3.8) is 0 Å². The second-order valence-corrected chi connectivity index (χ2v) is 3.80. The number of hydrogen-bond acceptors (Lipinski definition) is 2. The molecule has 0 bridgehead atoms. The fourth-order valence-electron chi connectivity index (χ4n) is 1.02. The number of nitrogens with one attached hydrogen (secondary N) is 1. The summed E-state index contributed by atoms with van der Waals surface area (Å²) in [5, 5.41) is 2.70. The lowest BCUT2D eigenvalue weighted by Crippen LogP contribution is -2.24. The third-order valence-electron chi connectivity index (χ3n) is 1.82. The number of terminal acetylenes is 1. The number of halogens is 1. The zero-order chi connectivity index (χ0) is 11.3. The Labute approximate surface area is 97.2 Å². The lowest BCUT2D eigenvalue weighted by molar-refractivity contribution is 0.0954. The first-order chi connectivity index (χ1) is 7.15. The molecule has 0 aliphatic heterocycles. The van der Waals surface area contributed by atoms with E-state index < -0.39 is 0 Å². The molecule has 3 N–H and O–H groups in total. The highest BCUT2D eigenvalue weighted by Crippen LogP contribution is 2.20. The maximum absolute atomic E-state index is 11.5. The summed E-state index contributed by atoms with van der Waals surface area (Å²) in [5.74, 6) is 2.30. The molecule has 0 aliphatic rings. The van der Waals surface area contributed by atoms with Crippen molar-refractivity contribution in [1.29, 1.82) is 0 Å². The van der Waals surface area contributed by atoms with Crippen molar-refractivity contribution in [3.8, 4) is 12.3 Å². The molecule has 0 unspecified atom stereocenters. The highest BCUT2D eigenvalue weighted by atomic mass is 79.9. The van der Waals surface area contributed by atoms with Crippen molar-refractivity contribution in [1.82, 2.24) is 5.32 Å². The summed E-state index contributed by atoms with van der Waals surface area (Å²) in [4.78, 5) is 11.5. The number of carbonyl (C=O) groups is 1. The van der Waals surface area contributed by atoms with E-state index in [-0.39, 0.29) is 5.91 Å². The predicted molar refractivity (Wildman–Crippen MR) is 64.3 cm³/mol. The van der Waals surface area contributed by atoms with Gasteiger partial charge in [0.1, 0.15) is 0 Å². The Morgan fingerprint density at radius 1 is 1.60 bits per heavy atom. The summed E-state index contributed by atoms with van der Waals surface area (Å²) in [6, 6.07) is 5.03. The van der Waals surface area contributed by atoms with Crippen LogP contribution in [0.1, 0.15) is 16.8 Å². The van der Waals surface area contributed by atoms with E-state index in [1.54, 1.807) is 18.2 Å². The van der Waals surface area contributed by atoms with Crippen LogP contribution in [-0.4, -0.2) is 12.5 Å². The maximum atomic E-state index is 11.5. The van der Waals surface area contributed by atoms with Gasteiger partial charge in [-0.25, -0.2) is 0 Å². The van der Waals surface area contributed by atoms with Gasteiger partial charge in [0.25, 0.3) is 5.91 Å². The van der Waals surface area contributed by atoms with Gasteiger partial charge in [-0.15, -0.1) is 12.3 Å². The highest BCUT2D eigenvalue weighted by molar-refractivity contribution is 9.10. The quantitative estimate of drug-likeness (QED) is 0.498. The molecule has 78 valence electrons. The van der Waals surface area contributed by atoms with Crippen LogP contribution in [0.25, 0.3) is 0 Å². The molecule has 0 saturated heterocycles. The minimum Gasteiger partial charge on any atom is -0.398 e. The van der Waals surface area contributed by atoms with Crippen LogP contribution in [0.15, 0.2) is 22.7 Å². The Hall–Kier alpha value is -1.47. The van der Waals surface area contributed by atoms with Gasteiger partial charge >= 0.3 is 0 Å². The molecule has 1 rings (SSSR count). The first-order valence-electron chi connectivity index (χ1n) is 4.42. The molecule has 1 amide bonds. The molecule has 15 heavy (non-hydrogen) atoms. The molecule has 0 atom stereocenters. The molecule has 0 saturated carbocycles. The number of nitrogen functional groups attached to an aromatic ring is 1. The van der Waals surface area contributed by atoms with Gasteiger partial charge in [-0.3, -0.25) is 4.79 Å². The Bertz CT molecular complexity index is 410. The monoisotopic (exact) mass is 266 g/mol. The fourth-order valence-corrected chi connectivity index (χ4v) is 1.40. The van der Waals surface area contributed by atoms with Crippen molar-refractivity contribution in [2.24, 2.45) is 0 Å². The first-order valence-corrected chi connectivity index (χ1v) is 5.21. The number of amides is 1. The number of rotatable bonds is 3. The van der Waals surface area contributed by atoms with Crippen molar-refractivity contribution in [2.75, 3.05) is 12.3 Å². The number of benzene rings is 1. The lowest BCUT2D eigenvalue weighted by atomic mass is 10.2. The minimum absolute atomic E-state index is 0.147. The van der Waals surface area contributed by atoms with Gasteiger partial charge in [0.2, 0.25) is 0 Å². The van der Waals surface area contributed by atoms with E-state index in [4.69, 9.17) is 12.2 Å². The normalized spacial score (nSPS) is 9.33. The Kier molecular flexibility index (Phi) is 4.19. The van der Waals surface area contributed by atoms with E-state index in [0.29, 0.717) is 28.7 Å². The molecule has 0 spiro atoms. The number of nitrogens with two attached hydrogens (primary N) is 1. The van der Waals surface area contributed by atoms with Crippen LogP contribution in [0.5, 0.6) is 0 Å². The highest BCUT2D eigenvalue weighted by Gasteiger charge is 2.05. The molecule has 0 fully saturated rings. The van der Waals surface area contributed by atoms with Crippen LogP contribution in [-0.2, 0) is 0 Å². The summed E-state index contributed by atoms with van der Waals surface area (Å²) in [7, 11) is 0. The molecular weight excluding hydrogens is 256 g/mol. The zero-order valence-electron chi connectivity index (χ0n) is 8.09. The van der Waals surface area contributed by atoms with Gasteiger partial charge in [0.15, 0.2) is 0 Å². The third-order valence-corrected chi connectivity index (χ3v) is 2.50. The largest absolute Gasteiger partial charge is 0.398 e. The second-order valence-electron chi connectivity index (χ2n) is 2.95. The van der Waals surface area contributed by atoms with Gasteiger partial charge in [-0.1, -0.05) is 0 Å². The van der Waals surface area contributed by atoms with Gasteiger partial charge in [0.05, 0.1) is 0 Å². The van der Waals surface area contributed by atoms with Crippen molar-refractivity contribution in [3.05, 3.63) is 28.2 Å². The van der Waals surface area contributed by atoms with Crippen LogP contribution in [0.3, 0.4) is 0 Å². The maximum Gasteiger partial charge on any atom is 0.251 e. The predicted octanol–water partition coefficient (Wildman–Crippen LogP) is 1.78. The van der Waals surface area contributed by atoms with Crippen LogP contribution in [0.2, 0.25) is 0 Å². The first kappa shape index (κ1) is 11.6. The summed E-state index contributed by atoms with van der Waals surface area (Å²) >= 11 is 3.26. The van der Waals surface area contributed by atoms with E-state index in [9.17, 15) is 4.79 Å². The summed E-state index contributed by atoms with van der Waals surface area (Å²) in [5.41, 5.74) is 6.78. The van der Waals surface area contributed by atoms with E-state index in [1.807, 2.05) is 0 Å². The van der Waals surface area contributed by atoms with Crippen molar-refractivity contribution < 1.29 is 4.79 Å². The molecule has 3 nitrogen and oxygen atoms in total. The van der Waals surface area contributed by atoms with Crippen LogP contribution in [0.4, 0.5) is 5.69 Å². The van der Waals surface area contributed by atoms with Gasteiger partial charge in [-0.2, -0.15) is 0 Å². The molecule has 1 aromatic rings. The van der Waals surface area contributed by atoms with Gasteiger partial charge in [0, 0.05) is 28.7 Å². The number of carbonyl (C=O) groups excluding carboxylic acids is 1. The van der Waals surface area contributed by atoms with E-state index in [2.05, 4.69) is 27.2 Å². The molecule has 1 aromatic carbocycles. The van der Waals surface area contributed by atoms with Crippen LogP contribution < -0.4 is 11.1 Å². The molecule has 0 heterocycles. The Morgan fingerprint density at radius 2 is 2.33 bits per heavy atom. The van der Waals surface area contributed by atoms with Gasteiger partial charge < -0.3 is 11.1 Å². The van der Waals surface area contributed by atoms with Crippen molar-refractivity contribution in [2.45, 2.75) is 6.42 Å². The van der Waals surface area contributed by atoms with Crippen LogP contribution >= 0.6 is 15.9 Å². The van der Waals surface area contributed by atoms with Gasteiger partial charge in [-0.05, 0) is 34.1 Å². The number of anilines is 1. The van der Waals surface area contributed by atoms with E-state index in [0.717, 1.165) is 0 Å². The van der Waals surface area contributed by atoms with Crippen LogP contribution in [0, 0.1) is 12.3 Å². The Morgan fingerprint density at radius 3 is 2.93 bits per heavy atom. The summed E-state index contributed by atoms with van der Waals surface area (Å²) in [6.07, 6.45) is 5.60. The summed E-state index contributed by atoms with van der Waals surface area (Å²) in [6.45, 7) is 0.483. The molecule has 0 aliphatic carbocycles. The standard InChI is InChI=1S/C11H11BrN2O/c1-2-3-6-14-11(15)8-4-5-10(13)9(12)7-8/h1,4-5,7H,3,6,13H2,(H,14,15). The minimum atomic E-state index is -0.147. The zero-order valence-corrected chi connectivity index (χ0v) is 9.67. The molecule has 4 heteroatoms. The molecule has 0 aromatic heterocycles.